The van der Waals surface area contributed by atoms with E-state index in [-0.39, 0.29) is 17.7 Å². The maximum Gasteiger partial charge on any atom is 0.227 e. The molecule has 5 heteroatoms. The first-order valence-corrected chi connectivity index (χ1v) is 9.83. The Balaban J connectivity index is 1.53. The number of methoxy groups -OCH3 is 1. The lowest BCUT2D eigenvalue weighted by Crippen LogP contribution is -2.41. The van der Waals surface area contributed by atoms with Crippen molar-refractivity contribution in [2.75, 3.05) is 25.5 Å². The molecule has 0 aromatic heterocycles. The third-order valence-electron chi connectivity index (χ3n) is 5.73. The summed E-state index contributed by atoms with van der Waals surface area (Å²) in [5.41, 5.74) is 1.81. The van der Waals surface area contributed by atoms with Gasteiger partial charge < -0.3 is 15.0 Å². The predicted molar refractivity (Wildman–Crippen MR) is 102 cm³/mol. The number of hydrogen-bond acceptors (Lipinski definition) is 3. The minimum Gasteiger partial charge on any atom is -0.495 e. The number of benzene rings is 1. The molecule has 1 N–H and O–H groups in total. The molecule has 2 amide bonds. The van der Waals surface area contributed by atoms with E-state index in [1.165, 1.54) is 6.42 Å². The van der Waals surface area contributed by atoms with Gasteiger partial charge in [0.05, 0.1) is 12.8 Å². The topological polar surface area (TPSA) is 58.6 Å². The zero-order valence-corrected chi connectivity index (χ0v) is 15.9. The highest BCUT2D eigenvalue weighted by Crippen LogP contribution is 2.33. The van der Waals surface area contributed by atoms with E-state index in [2.05, 4.69) is 5.32 Å². The minimum atomic E-state index is -0.0226. The lowest BCUT2D eigenvalue weighted by Gasteiger charge is -2.33. The van der Waals surface area contributed by atoms with Crippen LogP contribution in [0.1, 0.15) is 50.5 Å². The van der Waals surface area contributed by atoms with Gasteiger partial charge in [0, 0.05) is 24.9 Å². The normalized spacial score (nSPS) is 23.4. The molecule has 0 atom stereocenters. The molecule has 142 valence electrons. The van der Waals surface area contributed by atoms with E-state index in [1.54, 1.807) is 7.11 Å². The summed E-state index contributed by atoms with van der Waals surface area (Å²) in [5.74, 6) is 1.11. The van der Waals surface area contributed by atoms with Crippen LogP contribution in [-0.2, 0) is 9.59 Å². The second-order valence-electron chi connectivity index (χ2n) is 7.63. The molecule has 1 aliphatic carbocycles. The molecule has 0 radical (unpaired) electrons. The van der Waals surface area contributed by atoms with E-state index in [9.17, 15) is 9.59 Å². The first-order chi connectivity index (χ1) is 12.6. The van der Waals surface area contributed by atoms with Gasteiger partial charge in [0.25, 0.3) is 0 Å². The van der Waals surface area contributed by atoms with Crippen molar-refractivity contribution < 1.29 is 14.3 Å². The van der Waals surface area contributed by atoms with Crippen molar-refractivity contribution in [1.29, 1.82) is 0 Å². The van der Waals surface area contributed by atoms with E-state index in [0.29, 0.717) is 11.7 Å². The molecule has 1 saturated heterocycles. The van der Waals surface area contributed by atoms with Crippen molar-refractivity contribution in [2.45, 2.75) is 51.9 Å². The van der Waals surface area contributed by atoms with Crippen LogP contribution in [0.3, 0.4) is 0 Å². The molecule has 0 bridgehead atoms. The third-order valence-corrected chi connectivity index (χ3v) is 5.73. The number of amides is 2. The summed E-state index contributed by atoms with van der Waals surface area (Å²) in [4.78, 5) is 27.3. The lowest BCUT2D eigenvalue weighted by molar-refractivity contribution is -0.138. The van der Waals surface area contributed by atoms with Gasteiger partial charge >= 0.3 is 0 Å². The number of carbonyl (C=O) groups is 2. The molecule has 1 saturated carbocycles. The summed E-state index contributed by atoms with van der Waals surface area (Å²) >= 11 is 0. The number of likely N-dealkylation sites (tertiary alicyclic amines) is 1. The smallest absolute Gasteiger partial charge is 0.227 e. The highest BCUT2D eigenvalue weighted by molar-refractivity contribution is 5.94. The summed E-state index contributed by atoms with van der Waals surface area (Å²) < 4.78 is 5.34. The van der Waals surface area contributed by atoms with Crippen LogP contribution >= 0.6 is 0 Å². The molecule has 2 aliphatic rings. The van der Waals surface area contributed by atoms with E-state index >= 15 is 0 Å². The number of nitrogens with one attached hydrogen (secondary N) is 1. The van der Waals surface area contributed by atoms with Crippen LogP contribution in [0.25, 0.3) is 0 Å². The van der Waals surface area contributed by atoms with Gasteiger partial charge in [-0.25, -0.2) is 0 Å². The molecule has 5 nitrogen and oxygen atoms in total. The first-order valence-electron chi connectivity index (χ1n) is 9.83. The Kier molecular flexibility index (Phi) is 6.17. The fraction of sp³-hybridized carbons (Fsp3) is 0.619. The first kappa shape index (κ1) is 18.7. The number of ether oxygens (including phenoxy) is 1. The Labute approximate surface area is 156 Å². The maximum absolute atomic E-state index is 12.7. The SMILES string of the molecule is COc1ccc(C)cc1NC(=O)C1CCC(C(=O)N2CCCCC2)CC1. The van der Waals surface area contributed by atoms with Crippen LogP contribution in [0.2, 0.25) is 0 Å². The van der Waals surface area contributed by atoms with Gasteiger partial charge in [-0.15, -0.1) is 0 Å². The number of nitrogens with zero attached hydrogens (tertiary/aromatic N) is 1. The van der Waals surface area contributed by atoms with Crippen LogP contribution in [0, 0.1) is 18.8 Å². The van der Waals surface area contributed by atoms with Gasteiger partial charge in [-0.3, -0.25) is 9.59 Å². The fourth-order valence-corrected chi connectivity index (χ4v) is 4.13. The number of anilines is 1. The minimum absolute atomic E-state index is 0.0226. The van der Waals surface area contributed by atoms with Crippen molar-refractivity contribution in [3.63, 3.8) is 0 Å². The Morgan fingerprint density at radius 3 is 2.35 bits per heavy atom. The van der Waals surface area contributed by atoms with E-state index in [1.807, 2.05) is 30.0 Å². The number of carbonyl (C=O) groups excluding carboxylic acids is 2. The van der Waals surface area contributed by atoms with Crippen molar-refractivity contribution >= 4 is 17.5 Å². The van der Waals surface area contributed by atoms with Gasteiger partial charge in [0.2, 0.25) is 11.8 Å². The predicted octanol–water partition coefficient (Wildman–Crippen LogP) is 3.76. The Morgan fingerprint density at radius 2 is 1.69 bits per heavy atom. The summed E-state index contributed by atoms with van der Waals surface area (Å²) in [6.07, 6.45) is 6.69. The molecular formula is C21H30N2O3. The molecule has 3 rings (SSSR count). The quantitative estimate of drug-likeness (QED) is 0.891. The van der Waals surface area contributed by atoms with Gasteiger partial charge in [0.1, 0.15) is 5.75 Å². The second-order valence-corrected chi connectivity index (χ2v) is 7.63. The Morgan fingerprint density at radius 1 is 1.04 bits per heavy atom. The zero-order valence-electron chi connectivity index (χ0n) is 15.9. The van der Waals surface area contributed by atoms with Gasteiger partial charge in [-0.05, 0) is 69.6 Å². The van der Waals surface area contributed by atoms with Crippen molar-refractivity contribution in [1.82, 2.24) is 4.90 Å². The highest BCUT2D eigenvalue weighted by atomic mass is 16.5. The summed E-state index contributed by atoms with van der Waals surface area (Å²) in [7, 11) is 1.61. The van der Waals surface area contributed by atoms with Crippen LogP contribution in [-0.4, -0.2) is 36.9 Å². The molecule has 1 aliphatic heterocycles. The maximum atomic E-state index is 12.7. The zero-order chi connectivity index (χ0) is 18.5. The standard InChI is InChI=1S/C21H30N2O3/c1-15-6-11-19(26-2)18(14-15)22-20(24)16-7-9-17(10-8-16)21(25)23-12-4-3-5-13-23/h6,11,14,16-17H,3-5,7-10,12-13H2,1-2H3,(H,22,24). The number of aryl methyl sites for hydroxylation is 1. The average molecular weight is 358 g/mol. The van der Waals surface area contributed by atoms with Gasteiger partial charge in [0.15, 0.2) is 0 Å². The lowest BCUT2D eigenvalue weighted by atomic mass is 9.80. The van der Waals surface area contributed by atoms with Gasteiger partial charge in [-0.1, -0.05) is 6.07 Å². The summed E-state index contributed by atoms with van der Waals surface area (Å²) in [6.45, 7) is 3.81. The van der Waals surface area contributed by atoms with Gasteiger partial charge in [-0.2, -0.15) is 0 Å². The summed E-state index contributed by atoms with van der Waals surface area (Å²) in [5, 5.41) is 3.02. The molecule has 1 heterocycles. The van der Waals surface area contributed by atoms with Crippen molar-refractivity contribution in [3.8, 4) is 5.75 Å². The molecular weight excluding hydrogens is 328 g/mol. The van der Waals surface area contributed by atoms with Crippen LogP contribution in [0.4, 0.5) is 5.69 Å². The van der Waals surface area contributed by atoms with E-state index in [0.717, 1.165) is 62.9 Å². The number of rotatable bonds is 4. The molecule has 0 unspecified atom stereocenters. The number of piperidine rings is 1. The second kappa shape index (κ2) is 8.56. The Hall–Kier alpha value is -2.04. The van der Waals surface area contributed by atoms with E-state index < -0.39 is 0 Å². The fourth-order valence-electron chi connectivity index (χ4n) is 4.13. The number of hydrogen-bond donors (Lipinski definition) is 1. The molecule has 1 aromatic carbocycles. The Bertz CT molecular complexity index is 645. The third kappa shape index (κ3) is 4.37. The van der Waals surface area contributed by atoms with Crippen molar-refractivity contribution in [2.24, 2.45) is 11.8 Å². The highest BCUT2D eigenvalue weighted by Gasteiger charge is 2.32. The summed E-state index contributed by atoms with van der Waals surface area (Å²) in [6, 6.07) is 5.77. The molecule has 1 aromatic rings. The van der Waals surface area contributed by atoms with E-state index in [4.69, 9.17) is 4.74 Å². The van der Waals surface area contributed by atoms with Crippen LogP contribution in [0.5, 0.6) is 5.75 Å². The average Bonchev–Trinajstić information content (AvgIpc) is 2.68. The van der Waals surface area contributed by atoms with Crippen LogP contribution in [0.15, 0.2) is 18.2 Å². The van der Waals surface area contributed by atoms with Crippen molar-refractivity contribution in [3.05, 3.63) is 23.8 Å². The van der Waals surface area contributed by atoms with Crippen LogP contribution < -0.4 is 10.1 Å². The monoisotopic (exact) mass is 358 g/mol. The molecule has 26 heavy (non-hydrogen) atoms. The molecule has 0 spiro atoms. The largest absolute Gasteiger partial charge is 0.495 e. The molecule has 2 fully saturated rings.